The van der Waals surface area contributed by atoms with Gasteiger partial charge < -0.3 is 10.4 Å². The first kappa shape index (κ1) is 10.2. The molecule has 76 valence electrons. The molecular formula is C8H11N3O3. The number of hydrogen-bond acceptors (Lipinski definition) is 3. The highest BCUT2D eigenvalue weighted by Crippen LogP contribution is 2.10. The second-order valence-electron chi connectivity index (χ2n) is 2.76. The lowest BCUT2D eigenvalue weighted by molar-refractivity contribution is -0.116. The van der Waals surface area contributed by atoms with E-state index < -0.39 is 5.97 Å². The van der Waals surface area contributed by atoms with Gasteiger partial charge in [-0.05, 0) is 6.42 Å². The Labute approximate surface area is 80.3 Å². The van der Waals surface area contributed by atoms with Gasteiger partial charge in [-0.15, -0.1) is 0 Å². The molecule has 1 amide bonds. The van der Waals surface area contributed by atoms with Crippen LogP contribution in [0, 0.1) is 0 Å². The average molecular weight is 197 g/mol. The molecule has 3 N–H and O–H groups in total. The molecule has 0 saturated carbocycles. The molecule has 0 aliphatic carbocycles. The fourth-order valence-electron chi connectivity index (χ4n) is 0.973. The molecule has 0 unspecified atom stereocenters. The van der Waals surface area contributed by atoms with Gasteiger partial charge in [0.1, 0.15) is 11.4 Å². The molecule has 0 bridgehead atoms. The van der Waals surface area contributed by atoms with Gasteiger partial charge in [0.15, 0.2) is 0 Å². The number of H-pyrrole nitrogens is 1. The number of carboxylic acid groups (broad SMARTS) is 1. The number of aromatic amines is 1. The van der Waals surface area contributed by atoms with Crippen LogP contribution in [0.1, 0.15) is 30.1 Å². The number of nitrogens with one attached hydrogen (secondary N) is 2. The van der Waals surface area contributed by atoms with Crippen molar-refractivity contribution in [3.8, 4) is 0 Å². The quantitative estimate of drug-likeness (QED) is 0.666. The average Bonchev–Trinajstić information content (AvgIpc) is 2.52. The van der Waals surface area contributed by atoms with E-state index in [1.165, 1.54) is 0 Å². The maximum atomic E-state index is 11.1. The first-order valence-electron chi connectivity index (χ1n) is 4.21. The number of aromatic carboxylic acids is 1. The van der Waals surface area contributed by atoms with E-state index in [1.54, 1.807) is 0 Å². The molecule has 1 aromatic rings. The number of anilines is 1. The lowest BCUT2D eigenvalue weighted by atomic mass is 10.3. The highest BCUT2D eigenvalue weighted by Gasteiger charge is 2.13. The summed E-state index contributed by atoms with van der Waals surface area (Å²) in [6.07, 6.45) is 2.23. The minimum Gasteiger partial charge on any atom is -0.477 e. The smallest absolute Gasteiger partial charge is 0.341 e. The Morgan fingerprint density at radius 3 is 2.93 bits per heavy atom. The zero-order chi connectivity index (χ0) is 10.6. The predicted molar refractivity (Wildman–Crippen MR) is 49.1 cm³/mol. The first-order chi connectivity index (χ1) is 6.65. The van der Waals surface area contributed by atoms with Crippen LogP contribution in [0.4, 0.5) is 5.82 Å². The monoisotopic (exact) mass is 197 g/mol. The van der Waals surface area contributed by atoms with E-state index in [9.17, 15) is 9.59 Å². The Morgan fingerprint density at radius 1 is 1.64 bits per heavy atom. The van der Waals surface area contributed by atoms with Crippen LogP contribution >= 0.6 is 0 Å². The van der Waals surface area contributed by atoms with E-state index in [-0.39, 0.29) is 17.3 Å². The third-order valence-electron chi connectivity index (χ3n) is 1.61. The molecule has 0 aromatic carbocycles. The van der Waals surface area contributed by atoms with Crippen molar-refractivity contribution >= 4 is 17.7 Å². The number of nitrogens with zero attached hydrogens (tertiary/aromatic N) is 1. The van der Waals surface area contributed by atoms with Gasteiger partial charge in [0.25, 0.3) is 0 Å². The van der Waals surface area contributed by atoms with E-state index in [0.717, 1.165) is 6.20 Å². The van der Waals surface area contributed by atoms with Crippen LogP contribution in [-0.2, 0) is 4.79 Å². The lowest BCUT2D eigenvalue weighted by Crippen LogP contribution is -2.13. The van der Waals surface area contributed by atoms with Crippen LogP contribution in [0.25, 0.3) is 0 Å². The highest BCUT2D eigenvalue weighted by atomic mass is 16.4. The van der Waals surface area contributed by atoms with E-state index in [0.29, 0.717) is 12.8 Å². The molecule has 0 spiro atoms. The third-order valence-corrected chi connectivity index (χ3v) is 1.61. The Kier molecular flexibility index (Phi) is 3.22. The summed E-state index contributed by atoms with van der Waals surface area (Å²) in [6, 6.07) is 0. The summed E-state index contributed by atoms with van der Waals surface area (Å²) in [5, 5.41) is 17.1. The van der Waals surface area contributed by atoms with Crippen LogP contribution in [0.2, 0.25) is 0 Å². The normalized spacial score (nSPS) is 9.79. The Bertz CT molecular complexity index is 345. The summed E-state index contributed by atoms with van der Waals surface area (Å²) in [5.41, 5.74) is -0.0329. The molecule has 0 aliphatic heterocycles. The van der Waals surface area contributed by atoms with Crippen molar-refractivity contribution in [3.63, 3.8) is 0 Å². The van der Waals surface area contributed by atoms with Crippen molar-refractivity contribution in [1.29, 1.82) is 0 Å². The predicted octanol–water partition coefficient (Wildman–Crippen LogP) is 0.846. The number of carboxylic acids is 1. The van der Waals surface area contributed by atoms with Crippen molar-refractivity contribution in [2.45, 2.75) is 19.8 Å². The molecule has 1 aromatic heterocycles. The topological polar surface area (TPSA) is 95.1 Å². The minimum absolute atomic E-state index is 0.0329. The molecule has 0 saturated heterocycles. The maximum Gasteiger partial charge on any atom is 0.341 e. The van der Waals surface area contributed by atoms with Crippen LogP contribution in [0.3, 0.4) is 0 Å². The molecular weight excluding hydrogens is 186 g/mol. The van der Waals surface area contributed by atoms with Crippen molar-refractivity contribution in [2.24, 2.45) is 0 Å². The second kappa shape index (κ2) is 4.40. The maximum absolute atomic E-state index is 11.1. The fourth-order valence-corrected chi connectivity index (χ4v) is 0.973. The number of aromatic nitrogens is 2. The molecule has 0 aliphatic rings. The molecule has 0 atom stereocenters. The zero-order valence-corrected chi connectivity index (χ0v) is 7.70. The summed E-state index contributed by atoms with van der Waals surface area (Å²) >= 11 is 0. The van der Waals surface area contributed by atoms with Crippen LogP contribution in [0.15, 0.2) is 6.20 Å². The van der Waals surface area contributed by atoms with Crippen molar-refractivity contribution in [2.75, 3.05) is 5.32 Å². The van der Waals surface area contributed by atoms with Crippen LogP contribution in [-0.4, -0.2) is 27.2 Å². The molecule has 1 rings (SSSR count). The highest BCUT2D eigenvalue weighted by molar-refractivity contribution is 5.98. The molecule has 1 heterocycles. The van der Waals surface area contributed by atoms with Crippen LogP contribution in [0.5, 0.6) is 0 Å². The molecule has 0 radical (unpaired) electrons. The van der Waals surface area contributed by atoms with Gasteiger partial charge in [0.05, 0.1) is 6.20 Å². The molecule has 6 nitrogen and oxygen atoms in total. The van der Waals surface area contributed by atoms with Gasteiger partial charge in [-0.1, -0.05) is 6.92 Å². The number of hydrogen-bond donors (Lipinski definition) is 3. The van der Waals surface area contributed by atoms with Gasteiger partial charge in [-0.25, -0.2) is 4.79 Å². The van der Waals surface area contributed by atoms with E-state index in [4.69, 9.17) is 5.11 Å². The zero-order valence-electron chi connectivity index (χ0n) is 7.70. The van der Waals surface area contributed by atoms with Crippen molar-refractivity contribution in [1.82, 2.24) is 10.2 Å². The van der Waals surface area contributed by atoms with Gasteiger partial charge >= 0.3 is 5.97 Å². The lowest BCUT2D eigenvalue weighted by Gasteiger charge is -2.01. The Morgan fingerprint density at radius 2 is 2.36 bits per heavy atom. The number of amides is 1. The van der Waals surface area contributed by atoms with Gasteiger partial charge in [0.2, 0.25) is 5.91 Å². The largest absolute Gasteiger partial charge is 0.477 e. The Hall–Kier alpha value is -1.85. The third kappa shape index (κ3) is 2.32. The summed E-state index contributed by atoms with van der Waals surface area (Å²) in [7, 11) is 0. The molecule has 0 fully saturated rings. The number of carbonyl (C=O) groups excluding carboxylic acids is 1. The molecule has 6 heteroatoms. The standard InChI is InChI=1S/C8H11N3O3/c1-2-3-6(12)10-7-5(8(13)14)4-9-11-7/h4H,2-3H2,1H3,(H,13,14)(H2,9,10,11,12). The van der Waals surface area contributed by atoms with E-state index in [1.807, 2.05) is 6.92 Å². The fraction of sp³-hybridized carbons (Fsp3) is 0.375. The minimum atomic E-state index is -1.12. The number of carbonyl (C=O) groups is 2. The summed E-state index contributed by atoms with van der Waals surface area (Å²) < 4.78 is 0. The van der Waals surface area contributed by atoms with Crippen molar-refractivity contribution in [3.05, 3.63) is 11.8 Å². The SMILES string of the molecule is CCCC(=O)Nc1[nH]ncc1C(=O)O. The summed E-state index contributed by atoms with van der Waals surface area (Å²) in [4.78, 5) is 21.7. The van der Waals surface area contributed by atoms with E-state index in [2.05, 4.69) is 15.5 Å². The van der Waals surface area contributed by atoms with Gasteiger partial charge in [0, 0.05) is 6.42 Å². The summed E-state index contributed by atoms with van der Waals surface area (Å²) in [6.45, 7) is 1.87. The van der Waals surface area contributed by atoms with Crippen LogP contribution < -0.4 is 5.32 Å². The van der Waals surface area contributed by atoms with Crippen molar-refractivity contribution < 1.29 is 14.7 Å². The number of rotatable bonds is 4. The Balaban J connectivity index is 2.71. The van der Waals surface area contributed by atoms with Gasteiger partial charge in [-0.2, -0.15) is 5.10 Å². The second-order valence-corrected chi connectivity index (χ2v) is 2.76. The first-order valence-corrected chi connectivity index (χ1v) is 4.21. The summed E-state index contributed by atoms with van der Waals surface area (Å²) in [5.74, 6) is -1.21. The molecule has 14 heavy (non-hydrogen) atoms. The van der Waals surface area contributed by atoms with E-state index >= 15 is 0 Å². The van der Waals surface area contributed by atoms with Gasteiger partial charge in [-0.3, -0.25) is 9.89 Å².